The van der Waals surface area contributed by atoms with E-state index in [1.165, 1.54) is 16.6 Å². The second kappa shape index (κ2) is 6.05. The number of anilines is 1. The third-order valence-corrected chi connectivity index (χ3v) is 5.71. The predicted molar refractivity (Wildman–Crippen MR) is 87.3 cm³/mol. The van der Waals surface area contributed by atoms with Crippen LogP contribution in [0.4, 0.5) is 5.82 Å². The van der Waals surface area contributed by atoms with E-state index in [1.54, 1.807) is 24.5 Å². The number of nitrogens with two attached hydrogens (primary N) is 1. The van der Waals surface area contributed by atoms with Crippen LogP contribution in [0.2, 0.25) is 0 Å². The summed E-state index contributed by atoms with van der Waals surface area (Å²) < 4.78 is 27.1. The summed E-state index contributed by atoms with van der Waals surface area (Å²) in [4.78, 5) is 7.92. The Kier molecular flexibility index (Phi) is 4.10. The molecule has 7 nitrogen and oxygen atoms in total. The first kappa shape index (κ1) is 15.6. The smallest absolute Gasteiger partial charge is 0.261 e. The normalized spacial score (nSPS) is 18.9. The number of nitrogens with zero attached hydrogens (tertiary/aromatic N) is 3. The molecule has 1 unspecified atom stereocenters. The number of aromatic nitrogens is 2. The lowest BCUT2D eigenvalue weighted by atomic mass is 10.1. The number of rotatable bonds is 3. The minimum Gasteiger partial charge on any atom is -0.383 e. The summed E-state index contributed by atoms with van der Waals surface area (Å²) in [5, 5.41) is 7.61. The minimum atomic E-state index is -3.94. The molecule has 1 atom stereocenters. The Morgan fingerprint density at radius 3 is 2.78 bits per heavy atom. The van der Waals surface area contributed by atoms with Gasteiger partial charge in [-0.3, -0.25) is 10.4 Å². The lowest BCUT2D eigenvalue weighted by molar-refractivity contribution is 0.404. The standard InChI is InChI=1S/C15H17N5O2S/c16-14-12(5-2-8-19-14)15(17)23(21,22)20-9-3-6-13(20)11-4-1-7-18-10-11/h1-2,4-5,7-8,10,13,17H,3,6,9H2,(H2,16,19). The van der Waals surface area contributed by atoms with Crippen molar-refractivity contribution >= 4 is 20.9 Å². The SMILES string of the molecule is N=C(c1cccnc1N)S(=O)(=O)N1CCCC1c1cccnc1. The molecule has 0 saturated carbocycles. The molecule has 1 aliphatic rings. The van der Waals surface area contributed by atoms with E-state index in [0.29, 0.717) is 13.0 Å². The molecule has 0 spiro atoms. The molecule has 8 heteroatoms. The van der Waals surface area contributed by atoms with Crippen molar-refractivity contribution in [1.29, 1.82) is 5.41 Å². The number of nitrogen functional groups attached to an aromatic ring is 1. The number of sulfonamides is 1. The average Bonchev–Trinajstić information content (AvgIpc) is 3.06. The van der Waals surface area contributed by atoms with Gasteiger partial charge in [0.15, 0.2) is 5.04 Å². The van der Waals surface area contributed by atoms with E-state index in [9.17, 15) is 8.42 Å². The van der Waals surface area contributed by atoms with Crippen LogP contribution < -0.4 is 5.73 Å². The highest BCUT2D eigenvalue weighted by Crippen LogP contribution is 2.35. The van der Waals surface area contributed by atoms with Crippen LogP contribution in [0.5, 0.6) is 0 Å². The number of pyridine rings is 2. The van der Waals surface area contributed by atoms with Crippen molar-refractivity contribution in [2.24, 2.45) is 0 Å². The molecular formula is C15H17N5O2S. The zero-order chi connectivity index (χ0) is 16.4. The molecule has 23 heavy (non-hydrogen) atoms. The van der Waals surface area contributed by atoms with Gasteiger partial charge < -0.3 is 5.73 Å². The second-order valence-corrected chi connectivity index (χ2v) is 7.15. The molecule has 3 heterocycles. The molecule has 0 aliphatic carbocycles. The summed E-state index contributed by atoms with van der Waals surface area (Å²) in [5.41, 5.74) is 6.68. The van der Waals surface area contributed by atoms with Gasteiger partial charge in [-0.2, -0.15) is 4.31 Å². The molecule has 1 aliphatic heterocycles. The first-order valence-corrected chi connectivity index (χ1v) is 8.67. The molecule has 1 saturated heterocycles. The predicted octanol–water partition coefficient (Wildman–Crippen LogP) is 1.55. The van der Waals surface area contributed by atoms with Crippen molar-refractivity contribution in [2.45, 2.75) is 18.9 Å². The second-order valence-electron chi connectivity index (χ2n) is 5.33. The third-order valence-electron chi connectivity index (χ3n) is 3.92. The lowest BCUT2D eigenvalue weighted by Gasteiger charge is -2.24. The van der Waals surface area contributed by atoms with Crippen molar-refractivity contribution in [3.63, 3.8) is 0 Å². The summed E-state index contributed by atoms with van der Waals surface area (Å²) in [5.74, 6) is 0.0400. The van der Waals surface area contributed by atoms with Gasteiger partial charge in [-0.1, -0.05) is 6.07 Å². The van der Waals surface area contributed by atoms with Gasteiger partial charge in [-0.05, 0) is 36.6 Å². The maximum Gasteiger partial charge on any atom is 0.261 e. The highest BCUT2D eigenvalue weighted by atomic mass is 32.2. The quantitative estimate of drug-likeness (QED) is 0.654. The molecular weight excluding hydrogens is 314 g/mol. The Morgan fingerprint density at radius 1 is 1.30 bits per heavy atom. The van der Waals surface area contributed by atoms with E-state index in [2.05, 4.69) is 9.97 Å². The van der Waals surface area contributed by atoms with E-state index in [-0.39, 0.29) is 17.4 Å². The fraction of sp³-hybridized carbons (Fsp3) is 0.267. The molecule has 3 rings (SSSR count). The van der Waals surface area contributed by atoms with Crippen LogP contribution in [0.25, 0.3) is 0 Å². The number of nitrogens with one attached hydrogen (secondary N) is 1. The van der Waals surface area contributed by atoms with Gasteiger partial charge >= 0.3 is 0 Å². The van der Waals surface area contributed by atoms with Crippen LogP contribution in [-0.4, -0.2) is 34.3 Å². The van der Waals surface area contributed by atoms with Crippen LogP contribution in [-0.2, 0) is 10.0 Å². The van der Waals surface area contributed by atoms with Crippen LogP contribution in [0, 0.1) is 5.41 Å². The zero-order valence-electron chi connectivity index (χ0n) is 12.4. The number of hydrogen-bond acceptors (Lipinski definition) is 6. The van der Waals surface area contributed by atoms with E-state index in [4.69, 9.17) is 11.1 Å². The van der Waals surface area contributed by atoms with Crippen molar-refractivity contribution in [1.82, 2.24) is 14.3 Å². The third kappa shape index (κ3) is 2.82. The molecule has 120 valence electrons. The Bertz CT molecular complexity index is 823. The minimum absolute atomic E-state index is 0.0400. The Labute approximate surface area is 134 Å². The molecule has 0 bridgehead atoms. The van der Waals surface area contributed by atoms with E-state index in [1.807, 2.05) is 6.07 Å². The van der Waals surface area contributed by atoms with E-state index < -0.39 is 15.1 Å². The molecule has 1 fully saturated rings. The van der Waals surface area contributed by atoms with Gasteiger partial charge in [0.05, 0.1) is 11.6 Å². The first-order valence-electron chi connectivity index (χ1n) is 7.23. The van der Waals surface area contributed by atoms with Gasteiger partial charge in [-0.15, -0.1) is 0 Å². The van der Waals surface area contributed by atoms with E-state index >= 15 is 0 Å². The number of hydrogen-bond donors (Lipinski definition) is 2. The topological polar surface area (TPSA) is 113 Å². The van der Waals surface area contributed by atoms with Crippen LogP contribution in [0.3, 0.4) is 0 Å². The van der Waals surface area contributed by atoms with Gasteiger partial charge in [0, 0.05) is 25.1 Å². The summed E-state index contributed by atoms with van der Waals surface area (Å²) in [6, 6.07) is 6.40. The molecule has 0 radical (unpaired) electrons. The summed E-state index contributed by atoms with van der Waals surface area (Å²) in [7, 11) is -3.94. The Balaban J connectivity index is 1.96. The largest absolute Gasteiger partial charge is 0.383 e. The summed E-state index contributed by atoms with van der Waals surface area (Å²) in [6.45, 7) is 0.379. The summed E-state index contributed by atoms with van der Waals surface area (Å²) in [6.07, 6.45) is 6.23. The van der Waals surface area contributed by atoms with Gasteiger partial charge in [-0.25, -0.2) is 13.4 Å². The maximum atomic E-state index is 12.9. The van der Waals surface area contributed by atoms with Gasteiger partial charge in [0.25, 0.3) is 10.0 Å². The average molecular weight is 331 g/mol. The fourth-order valence-corrected chi connectivity index (χ4v) is 4.42. The lowest BCUT2D eigenvalue weighted by Crippen LogP contribution is -2.36. The van der Waals surface area contributed by atoms with Crippen molar-refractivity contribution in [2.75, 3.05) is 12.3 Å². The van der Waals surface area contributed by atoms with Crippen molar-refractivity contribution in [3.8, 4) is 0 Å². The van der Waals surface area contributed by atoms with Gasteiger partial charge in [0.2, 0.25) is 0 Å². The summed E-state index contributed by atoms with van der Waals surface area (Å²) >= 11 is 0. The van der Waals surface area contributed by atoms with Crippen LogP contribution in [0.15, 0.2) is 42.9 Å². The molecule has 3 N–H and O–H groups in total. The first-order chi connectivity index (χ1) is 11.0. The monoisotopic (exact) mass is 331 g/mol. The van der Waals surface area contributed by atoms with E-state index in [0.717, 1.165) is 12.0 Å². The zero-order valence-corrected chi connectivity index (χ0v) is 13.2. The Hall–Kier alpha value is -2.32. The van der Waals surface area contributed by atoms with Crippen LogP contribution in [0.1, 0.15) is 30.0 Å². The highest BCUT2D eigenvalue weighted by molar-refractivity contribution is 8.04. The molecule has 0 amide bonds. The molecule has 2 aromatic heterocycles. The fourth-order valence-electron chi connectivity index (χ4n) is 2.80. The molecule has 0 aromatic carbocycles. The maximum absolute atomic E-state index is 12.9. The highest BCUT2D eigenvalue weighted by Gasteiger charge is 2.38. The van der Waals surface area contributed by atoms with Crippen molar-refractivity contribution in [3.05, 3.63) is 54.0 Å². The van der Waals surface area contributed by atoms with Crippen molar-refractivity contribution < 1.29 is 8.42 Å². The van der Waals surface area contributed by atoms with Gasteiger partial charge in [0.1, 0.15) is 5.82 Å². The Morgan fingerprint density at radius 2 is 2.09 bits per heavy atom. The van der Waals surface area contributed by atoms with Crippen LogP contribution >= 0.6 is 0 Å². The molecule has 2 aromatic rings.